The van der Waals surface area contributed by atoms with Crippen LogP contribution >= 0.6 is 0 Å². The van der Waals surface area contributed by atoms with Gasteiger partial charge >= 0.3 is 0 Å². The monoisotopic (exact) mass is 418 g/mol. The first-order valence-corrected chi connectivity index (χ1v) is 10.6. The SMILES string of the molecule is CCC(Oc1cccc2ccccc12)C(=O)Nc1ccccc1C(=O)N1CCOCC1. The lowest BCUT2D eigenvalue weighted by Crippen LogP contribution is -2.41. The molecular weight excluding hydrogens is 392 g/mol. The van der Waals surface area contributed by atoms with Crippen LogP contribution in [0.1, 0.15) is 23.7 Å². The highest BCUT2D eigenvalue weighted by Crippen LogP contribution is 2.27. The van der Waals surface area contributed by atoms with Gasteiger partial charge in [0.05, 0.1) is 24.5 Å². The van der Waals surface area contributed by atoms with Gasteiger partial charge in [-0.1, -0.05) is 55.5 Å². The van der Waals surface area contributed by atoms with Gasteiger partial charge in [-0.2, -0.15) is 0 Å². The van der Waals surface area contributed by atoms with Crippen LogP contribution in [0.2, 0.25) is 0 Å². The molecule has 1 saturated heterocycles. The van der Waals surface area contributed by atoms with Crippen LogP contribution < -0.4 is 10.1 Å². The molecule has 2 amide bonds. The molecule has 31 heavy (non-hydrogen) atoms. The van der Waals surface area contributed by atoms with Crippen molar-refractivity contribution >= 4 is 28.3 Å². The number of carbonyl (C=O) groups excluding carboxylic acids is 2. The van der Waals surface area contributed by atoms with E-state index in [9.17, 15) is 9.59 Å². The van der Waals surface area contributed by atoms with E-state index in [4.69, 9.17) is 9.47 Å². The Kier molecular flexibility index (Phi) is 6.48. The number of para-hydroxylation sites is 1. The highest BCUT2D eigenvalue weighted by atomic mass is 16.5. The van der Waals surface area contributed by atoms with E-state index in [-0.39, 0.29) is 11.8 Å². The van der Waals surface area contributed by atoms with Crippen LogP contribution in [-0.2, 0) is 9.53 Å². The zero-order valence-electron chi connectivity index (χ0n) is 17.5. The van der Waals surface area contributed by atoms with Crippen LogP contribution in [0, 0.1) is 0 Å². The first kappa shape index (κ1) is 20.9. The summed E-state index contributed by atoms with van der Waals surface area (Å²) < 4.78 is 11.4. The number of anilines is 1. The second-order valence-electron chi connectivity index (χ2n) is 7.43. The molecule has 1 unspecified atom stereocenters. The van der Waals surface area contributed by atoms with Crippen molar-refractivity contribution in [2.45, 2.75) is 19.4 Å². The van der Waals surface area contributed by atoms with Crippen molar-refractivity contribution < 1.29 is 19.1 Å². The minimum Gasteiger partial charge on any atom is -0.480 e. The van der Waals surface area contributed by atoms with E-state index in [2.05, 4.69) is 5.32 Å². The van der Waals surface area contributed by atoms with Gasteiger partial charge in [-0.15, -0.1) is 0 Å². The number of carbonyl (C=O) groups is 2. The van der Waals surface area contributed by atoms with Crippen LogP contribution in [-0.4, -0.2) is 49.1 Å². The van der Waals surface area contributed by atoms with E-state index in [1.807, 2.05) is 49.4 Å². The Labute approximate surface area is 181 Å². The van der Waals surface area contributed by atoms with Crippen molar-refractivity contribution in [2.24, 2.45) is 0 Å². The smallest absolute Gasteiger partial charge is 0.265 e. The van der Waals surface area contributed by atoms with E-state index < -0.39 is 6.10 Å². The van der Waals surface area contributed by atoms with Crippen LogP contribution in [0.3, 0.4) is 0 Å². The van der Waals surface area contributed by atoms with Crippen molar-refractivity contribution in [3.63, 3.8) is 0 Å². The number of hydrogen-bond acceptors (Lipinski definition) is 4. The Hall–Kier alpha value is -3.38. The lowest BCUT2D eigenvalue weighted by atomic mass is 10.1. The number of fused-ring (bicyclic) bond motifs is 1. The highest BCUT2D eigenvalue weighted by Gasteiger charge is 2.24. The van der Waals surface area contributed by atoms with E-state index in [0.29, 0.717) is 49.7 Å². The molecule has 0 radical (unpaired) electrons. The Morgan fingerprint density at radius 2 is 1.71 bits per heavy atom. The summed E-state index contributed by atoms with van der Waals surface area (Å²) in [6.45, 7) is 4.04. The van der Waals surface area contributed by atoms with Crippen molar-refractivity contribution in [1.29, 1.82) is 0 Å². The van der Waals surface area contributed by atoms with Crippen molar-refractivity contribution in [2.75, 3.05) is 31.6 Å². The Morgan fingerprint density at radius 3 is 2.52 bits per heavy atom. The molecule has 1 atom stereocenters. The van der Waals surface area contributed by atoms with Gasteiger partial charge in [-0.25, -0.2) is 0 Å². The molecule has 0 saturated carbocycles. The van der Waals surface area contributed by atoms with Gasteiger partial charge in [0.2, 0.25) is 0 Å². The third-order valence-corrected chi connectivity index (χ3v) is 5.40. The van der Waals surface area contributed by atoms with Gasteiger partial charge in [-0.3, -0.25) is 9.59 Å². The summed E-state index contributed by atoms with van der Waals surface area (Å²) in [4.78, 5) is 27.8. The van der Waals surface area contributed by atoms with Crippen molar-refractivity contribution in [3.05, 3.63) is 72.3 Å². The average Bonchev–Trinajstić information content (AvgIpc) is 2.83. The number of nitrogens with zero attached hydrogens (tertiary/aromatic N) is 1. The number of rotatable bonds is 6. The third kappa shape index (κ3) is 4.70. The quantitative estimate of drug-likeness (QED) is 0.654. The summed E-state index contributed by atoms with van der Waals surface area (Å²) in [5.74, 6) is 0.276. The number of amides is 2. The molecule has 1 fully saturated rings. The van der Waals surface area contributed by atoms with Gasteiger partial charge in [0, 0.05) is 18.5 Å². The second kappa shape index (κ2) is 9.62. The number of morpholine rings is 1. The molecule has 0 bridgehead atoms. The largest absolute Gasteiger partial charge is 0.480 e. The minimum absolute atomic E-state index is 0.109. The van der Waals surface area contributed by atoms with E-state index in [1.165, 1.54) is 0 Å². The van der Waals surface area contributed by atoms with Gasteiger partial charge in [-0.05, 0) is 30.0 Å². The molecular formula is C25H26N2O4. The minimum atomic E-state index is -0.683. The van der Waals surface area contributed by atoms with Crippen LogP contribution in [0.4, 0.5) is 5.69 Å². The van der Waals surface area contributed by atoms with Crippen molar-refractivity contribution in [1.82, 2.24) is 4.90 Å². The molecule has 3 aromatic rings. The molecule has 0 aromatic heterocycles. The summed E-state index contributed by atoms with van der Waals surface area (Å²) in [5.41, 5.74) is 0.960. The fourth-order valence-corrected chi connectivity index (χ4v) is 3.70. The maximum atomic E-state index is 13.1. The standard InChI is InChI=1S/C25H26N2O4/c1-2-22(31-23-13-7-9-18-8-3-4-10-19(18)23)24(28)26-21-12-6-5-11-20(21)25(29)27-14-16-30-17-15-27/h3-13,22H,2,14-17H2,1H3,(H,26,28). The average molecular weight is 418 g/mol. The lowest BCUT2D eigenvalue weighted by molar-refractivity contribution is -0.122. The second-order valence-corrected chi connectivity index (χ2v) is 7.43. The van der Waals surface area contributed by atoms with Crippen LogP contribution in [0.5, 0.6) is 5.75 Å². The molecule has 6 heteroatoms. The highest BCUT2D eigenvalue weighted by molar-refractivity contribution is 6.04. The first-order chi connectivity index (χ1) is 15.2. The maximum Gasteiger partial charge on any atom is 0.265 e. The maximum absolute atomic E-state index is 13.1. The number of benzene rings is 3. The predicted octanol–water partition coefficient (Wildman–Crippen LogP) is 4.11. The summed E-state index contributed by atoms with van der Waals surface area (Å²) in [6, 6.07) is 20.8. The predicted molar refractivity (Wildman–Crippen MR) is 120 cm³/mol. The van der Waals surface area contributed by atoms with Crippen molar-refractivity contribution in [3.8, 4) is 5.75 Å². The van der Waals surface area contributed by atoms with Gasteiger partial charge in [0.1, 0.15) is 5.75 Å². The normalized spacial score (nSPS) is 14.8. The molecule has 160 valence electrons. The molecule has 1 heterocycles. The molecule has 0 spiro atoms. The van der Waals surface area contributed by atoms with Gasteiger partial charge in [0.25, 0.3) is 11.8 Å². The molecule has 0 aliphatic carbocycles. The van der Waals surface area contributed by atoms with Crippen LogP contribution in [0.15, 0.2) is 66.7 Å². The van der Waals surface area contributed by atoms with Gasteiger partial charge in [0.15, 0.2) is 6.10 Å². The Bertz CT molecular complexity index is 1070. The summed E-state index contributed by atoms with van der Waals surface area (Å²) in [5, 5.41) is 4.92. The fourth-order valence-electron chi connectivity index (χ4n) is 3.70. The number of hydrogen-bond donors (Lipinski definition) is 1. The topological polar surface area (TPSA) is 67.9 Å². The van der Waals surface area contributed by atoms with Crippen LogP contribution in [0.25, 0.3) is 10.8 Å². The number of ether oxygens (including phenoxy) is 2. The summed E-state index contributed by atoms with van der Waals surface area (Å²) in [6.07, 6.45) is -0.188. The molecule has 3 aromatic carbocycles. The molecule has 6 nitrogen and oxygen atoms in total. The summed E-state index contributed by atoms with van der Waals surface area (Å²) in [7, 11) is 0. The summed E-state index contributed by atoms with van der Waals surface area (Å²) >= 11 is 0. The fraction of sp³-hybridized carbons (Fsp3) is 0.280. The molecule has 1 N–H and O–H groups in total. The molecule has 4 rings (SSSR count). The lowest BCUT2D eigenvalue weighted by Gasteiger charge is -2.27. The van der Waals surface area contributed by atoms with E-state index >= 15 is 0 Å². The van der Waals surface area contributed by atoms with E-state index in [1.54, 1.807) is 29.2 Å². The Morgan fingerprint density at radius 1 is 1.00 bits per heavy atom. The van der Waals surface area contributed by atoms with Gasteiger partial charge < -0.3 is 19.7 Å². The Balaban J connectivity index is 1.52. The molecule has 1 aliphatic heterocycles. The third-order valence-electron chi connectivity index (χ3n) is 5.40. The first-order valence-electron chi connectivity index (χ1n) is 10.6. The van der Waals surface area contributed by atoms with E-state index in [0.717, 1.165) is 10.8 Å². The zero-order chi connectivity index (χ0) is 21.6. The zero-order valence-corrected chi connectivity index (χ0v) is 17.5. The molecule has 1 aliphatic rings. The number of nitrogens with one attached hydrogen (secondary N) is 1.